The lowest BCUT2D eigenvalue weighted by atomic mass is 9.43. The first-order chi connectivity index (χ1) is 16.1. The third-order valence-corrected chi connectivity index (χ3v) is 11.9. The van der Waals surface area contributed by atoms with Crippen molar-refractivity contribution in [3.05, 3.63) is 23.3 Å². The predicted octanol–water partition coefficient (Wildman–Crippen LogP) is 6.97. The van der Waals surface area contributed by atoms with Gasteiger partial charge in [-0.15, -0.1) is 0 Å². The third-order valence-electron chi connectivity index (χ3n) is 11.9. The Balaban J connectivity index is 1.72. The molecular weight excluding hydrogens is 436 g/mol. The lowest BCUT2D eigenvalue weighted by molar-refractivity contribution is -0.149. The number of hydrogen-bond donors (Lipinski definition) is 2. The smallest absolute Gasteiger partial charge is 0.306 e. The number of carbonyl (C=O) groups excluding carboxylic acids is 1. The molecule has 4 aliphatic rings. The second-order valence-corrected chi connectivity index (χ2v) is 14.0. The van der Waals surface area contributed by atoms with Crippen LogP contribution in [0.1, 0.15) is 106 Å². The maximum absolute atomic E-state index is 12.8. The summed E-state index contributed by atoms with van der Waals surface area (Å²) in [5, 5.41) is 21.8. The molecule has 0 aliphatic heterocycles. The quantitative estimate of drug-likeness (QED) is 0.399. The van der Waals surface area contributed by atoms with E-state index in [2.05, 4.69) is 55.0 Å². The number of ketones is 1. The molecule has 0 aromatic rings. The number of aliphatic carboxylic acids is 1. The standard InChI is InChI=1S/C31H48O4/c1-18(2)19(3)9-10-20(27(34)35)26-23(32)17-31(8)22-11-12-24-28(4,5)25(33)14-15-29(24,6)21(22)13-16-30(26,31)7/h18,20,23-24,26,32H,3,9-17H2,1-2,4-8H3,(H,34,35). The Kier molecular flexibility index (Phi) is 6.52. The highest BCUT2D eigenvalue weighted by molar-refractivity contribution is 5.85. The van der Waals surface area contributed by atoms with Crippen molar-refractivity contribution in [2.75, 3.05) is 0 Å². The molecule has 0 aromatic heterocycles. The van der Waals surface area contributed by atoms with E-state index in [-0.39, 0.29) is 27.6 Å². The molecule has 0 radical (unpaired) electrons. The molecule has 4 rings (SSSR count). The summed E-state index contributed by atoms with van der Waals surface area (Å²) >= 11 is 0. The van der Waals surface area contributed by atoms with Crippen molar-refractivity contribution in [2.45, 2.75) is 112 Å². The summed E-state index contributed by atoms with van der Waals surface area (Å²) in [5.41, 5.74) is 3.40. The Hall–Kier alpha value is -1.42. The van der Waals surface area contributed by atoms with Gasteiger partial charge in [-0.2, -0.15) is 0 Å². The fourth-order valence-corrected chi connectivity index (χ4v) is 9.39. The number of rotatable bonds is 6. The average molecular weight is 485 g/mol. The molecule has 2 fully saturated rings. The topological polar surface area (TPSA) is 74.6 Å². The number of Topliss-reactive ketones (excluding diaryl/α,β-unsaturated/α-hetero) is 1. The molecule has 0 heterocycles. The first kappa shape index (κ1) is 26.6. The molecule has 196 valence electrons. The second-order valence-electron chi connectivity index (χ2n) is 14.0. The lowest BCUT2D eigenvalue weighted by Crippen LogP contribution is -2.54. The highest BCUT2D eigenvalue weighted by Crippen LogP contribution is 2.72. The molecule has 35 heavy (non-hydrogen) atoms. The van der Waals surface area contributed by atoms with Crippen molar-refractivity contribution >= 4 is 11.8 Å². The van der Waals surface area contributed by atoms with Gasteiger partial charge in [-0.3, -0.25) is 9.59 Å². The minimum absolute atomic E-state index is 0.0274. The van der Waals surface area contributed by atoms with Crippen LogP contribution in [0.2, 0.25) is 0 Å². The van der Waals surface area contributed by atoms with Gasteiger partial charge in [0.1, 0.15) is 5.78 Å². The summed E-state index contributed by atoms with van der Waals surface area (Å²) in [6.07, 6.45) is 6.71. The monoisotopic (exact) mass is 484 g/mol. The van der Waals surface area contributed by atoms with Gasteiger partial charge in [0.05, 0.1) is 12.0 Å². The van der Waals surface area contributed by atoms with Crippen molar-refractivity contribution < 1.29 is 19.8 Å². The maximum Gasteiger partial charge on any atom is 0.306 e. The van der Waals surface area contributed by atoms with Gasteiger partial charge in [0, 0.05) is 17.8 Å². The number of carboxylic acid groups (broad SMARTS) is 1. The van der Waals surface area contributed by atoms with Crippen LogP contribution < -0.4 is 0 Å². The minimum Gasteiger partial charge on any atom is -0.481 e. The Morgan fingerprint density at radius 2 is 1.71 bits per heavy atom. The normalized spacial score (nSPS) is 41.3. The molecule has 0 amide bonds. The Bertz CT molecular complexity index is 957. The maximum atomic E-state index is 12.8. The minimum atomic E-state index is -0.779. The van der Waals surface area contributed by atoms with Gasteiger partial charge in [-0.05, 0) is 79.4 Å². The molecule has 0 spiro atoms. The average Bonchev–Trinajstić information content (AvgIpc) is 2.97. The van der Waals surface area contributed by atoms with Gasteiger partial charge >= 0.3 is 5.97 Å². The largest absolute Gasteiger partial charge is 0.481 e. The molecule has 7 atom stereocenters. The molecule has 2 saturated carbocycles. The van der Waals surface area contributed by atoms with Gasteiger partial charge in [-0.1, -0.05) is 71.8 Å². The van der Waals surface area contributed by atoms with Gasteiger partial charge in [0.25, 0.3) is 0 Å². The molecule has 7 unspecified atom stereocenters. The summed E-state index contributed by atoms with van der Waals surface area (Å²) in [7, 11) is 0. The van der Waals surface area contributed by atoms with E-state index in [1.807, 2.05) is 0 Å². The van der Waals surface area contributed by atoms with Crippen LogP contribution >= 0.6 is 0 Å². The van der Waals surface area contributed by atoms with Crippen molar-refractivity contribution in [1.29, 1.82) is 0 Å². The van der Waals surface area contributed by atoms with Gasteiger partial charge in [0.2, 0.25) is 0 Å². The molecule has 2 N–H and O–H groups in total. The third kappa shape index (κ3) is 3.71. The number of hydrogen-bond acceptors (Lipinski definition) is 3. The molecule has 0 aromatic carbocycles. The summed E-state index contributed by atoms with van der Waals surface area (Å²) in [6, 6.07) is 0. The fourth-order valence-electron chi connectivity index (χ4n) is 9.39. The van der Waals surface area contributed by atoms with Gasteiger partial charge in [-0.25, -0.2) is 0 Å². The highest BCUT2D eigenvalue weighted by atomic mass is 16.4. The number of carboxylic acids is 1. The van der Waals surface area contributed by atoms with Gasteiger partial charge < -0.3 is 10.2 Å². The summed E-state index contributed by atoms with van der Waals surface area (Å²) in [5.74, 6) is -0.497. The molecule has 4 nitrogen and oxygen atoms in total. The van der Waals surface area contributed by atoms with Crippen LogP contribution in [0.3, 0.4) is 0 Å². The van der Waals surface area contributed by atoms with E-state index in [0.717, 1.165) is 37.7 Å². The number of fused-ring (bicyclic) bond motifs is 4. The Morgan fingerprint density at radius 3 is 2.31 bits per heavy atom. The zero-order chi connectivity index (χ0) is 26.1. The van der Waals surface area contributed by atoms with E-state index >= 15 is 0 Å². The van der Waals surface area contributed by atoms with Crippen LogP contribution in [0.25, 0.3) is 0 Å². The number of allylic oxidation sites excluding steroid dienone is 3. The van der Waals surface area contributed by atoms with Crippen LogP contribution in [0, 0.1) is 45.3 Å². The zero-order valence-corrected chi connectivity index (χ0v) is 23.2. The lowest BCUT2D eigenvalue weighted by Gasteiger charge is -2.60. The van der Waals surface area contributed by atoms with Gasteiger partial charge in [0.15, 0.2) is 0 Å². The number of aliphatic hydroxyl groups excluding tert-OH is 1. The van der Waals surface area contributed by atoms with E-state index < -0.39 is 18.0 Å². The van der Waals surface area contributed by atoms with Crippen LogP contribution in [-0.4, -0.2) is 28.1 Å². The SMILES string of the molecule is C=C(CCC(C(=O)O)C1C(O)CC2(C)C3=C(CCC12C)C1(C)CCC(=O)C(C)(C)C1CC3)C(C)C. The summed E-state index contributed by atoms with van der Waals surface area (Å²) < 4.78 is 0. The molecular formula is C31H48O4. The van der Waals surface area contributed by atoms with E-state index in [9.17, 15) is 19.8 Å². The number of aliphatic hydroxyl groups is 1. The van der Waals surface area contributed by atoms with Crippen molar-refractivity contribution in [1.82, 2.24) is 0 Å². The van der Waals surface area contributed by atoms with Crippen molar-refractivity contribution in [2.24, 2.45) is 45.3 Å². The van der Waals surface area contributed by atoms with Crippen LogP contribution in [-0.2, 0) is 9.59 Å². The van der Waals surface area contributed by atoms with E-state index in [4.69, 9.17) is 0 Å². The number of carbonyl (C=O) groups is 2. The summed E-state index contributed by atoms with van der Waals surface area (Å²) in [4.78, 5) is 25.4. The second kappa shape index (κ2) is 8.57. The van der Waals surface area contributed by atoms with Crippen LogP contribution in [0.4, 0.5) is 0 Å². The molecule has 0 bridgehead atoms. The molecule has 0 saturated heterocycles. The Labute approximate surface area is 212 Å². The molecule has 4 heteroatoms. The summed E-state index contributed by atoms with van der Waals surface area (Å²) in [6.45, 7) is 19.7. The predicted molar refractivity (Wildman–Crippen MR) is 140 cm³/mol. The zero-order valence-electron chi connectivity index (χ0n) is 23.2. The van der Waals surface area contributed by atoms with Crippen LogP contribution in [0.15, 0.2) is 23.3 Å². The van der Waals surface area contributed by atoms with E-state index in [1.165, 1.54) is 5.57 Å². The van der Waals surface area contributed by atoms with E-state index in [1.54, 1.807) is 5.57 Å². The first-order valence-corrected chi connectivity index (χ1v) is 14.0. The fraction of sp³-hybridized carbons (Fsp3) is 0.806. The first-order valence-electron chi connectivity index (χ1n) is 14.0. The van der Waals surface area contributed by atoms with Crippen LogP contribution in [0.5, 0.6) is 0 Å². The Morgan fingerprint density at radius 1 is 1.06 bits per heavy atom. The van der Waals surface area contributed by atoms with Crippen molar-refractivity contribution in [3.63, 3.8) is 0 Å². The van der Waals surface area contributed by atoms with E-state index in [0.29, 0.717) is 43.3 Å². The molecule has 4 aliphatic carbocycles. The van der Waals surface area contributed by atoms with Crippen molar-refractivity contribution in [3.8, 4) is 0 Å². The highest BCUT2D eigenvalue weighted by Gasteiger charge is 2.66.